The SMILES string of the molecule is CCC(C)OCCOCCC(=CC#N)C(=O)O. The average Bonchev–Trinajstić information content (AvgIpc) is 2.31. The third kappa shape index (κ3) is 8.43. The van der Waals surface area contributed by atoms with Gasteiger partial charge in [0.2, 0.25) is 0 Å². The van der Waals surface area contributed by atoms with Gasteiger partial charge < -0.3 is 14.6 Å². The zero-order valence-corrected chi connectivity index (χ0v) is 10.3. The van der Waals surface area contributed by atoms with Gasteiger partial charge in [-0.3, -0.25) is 0 Å². The standard InChI is InChI=1S/C12H19NO4/c1-3-10(2)17-9-8-16-7-5-11(4-6-13)12(14)15/h4,10H,3,5,7-9H2,1-2H3,(H,14,15). The molecule has 0 spiro atoms. The predicted octanol–water partition coefficient (Wildman–Crippen LogP) is 1.74. The molecule has 0 aromatic rings. The molecule has 0 bridgehead atoms. The summed E-state index contributed by atoms with van der Waals surface area (Å²) in [6.45, 7) is 5.24. The van der Waals surface area contributed by atoms with Crippen LogP contribution in [0.3, 0.4) is 0 Å². The lowest BCUT2D eigenvalue weighted by Crippen LogP contribution is -2.13. The van der Waals surface area contributed by atoms with Crippen molar-refractivity contribution in [2.75, 3.05) is 19.8 Å². The summed E-state index contributed by atoms with van der Waals surface area (Å²) in [5.74, 6) is -1.08. The minimum Gasteiger partial charge on any atom is -0.478 e. The summed E-state index contributed by atoms with van der Waals surface area (Å²) in [7, 11) is 0. The molecule has 1 atom stereocenters. The van der Waals surface area contributed by atoms with Crippen LogP contribution in [-0.2, 0) is 14.3 Å². The molecule has 0 aromatic heterocycles. The van der Waals surface area contributed by atoms with Gasteiger partial charge in [0.1, 0.15) is 0 Å². The highest BCUT2D eigenvalue weighted by Gasteiger charge is 2.06. The van der Waals surface area contributed by atoms with Gasteiger partial charge in [0.05, 0.1) is 32.0 Å². The second kappa shape index (κ2) is 9.82. The zero-order chi connectivity index (χ0) is 13.1. The van der Waals surface area contributed by atoms with Crippen molar-refractivity contribution in [1.29, 1.82) is 5.26 Å². The molecule has 0 fully saturated rings. The van der Waals surface area contributed by atoms with Crippen LogP contribution in [-0.4, -0.2) is 37.0 Å². The van der Waals surface area contributed by atoms with Gasteiger partial charge in [0.15, 0.2) is 0 Å². The Morgan fingerprint density at radius 2 is 2.18 bits per heavy atom. The van der Waals surface area contributed by atoms with E-state index in [1.54, 1.807) is 6.07 Å². The van der Waals surface area contributed by atoms with Crippen LogP contribution < -0.4 is 0 Å². The van der Waals surface area contributed by atoms with Crippen LogP contribution in [0, 0.1) is 11.3 Å². The molecule has 0 saturated heterocycles. The van der Waals surface area contributed by atoms with Gasteiger partial charge in [-0.1, -0.05) is 6.92 Å². The van der Waals surface area contributed by atoms with Crippen LogP contribution in [0.4, 0.5) is 0 Å². The highest BCUT2D eigenvalue weighted by molar-refractivity contribution is 5.87. The number of aliphatic carboxylic acids is 1. The predicted molar refractivity (Wildman–Crippen MR) is 62.5 cm³/mol. The maximum absolute atomic E-state index is 10.6. The molecule has 0 rings (SSSR count). The number of carboxylic acids is 1. The lowest BCUT2D eigenvalue weighted by atomic mass is 10.2. The molecule has 5 nitrogen and oxygen atoms in total. The summed E-state index contributed by atoms with van der Waals surface area (Å²) >= 11 is 0. The van der Waals surface area contributed by atoms with E-state index >= 15 is 0 Å². The summed E-state index contributed by atoms with van der Waals surface area (Å²) in [5, 5.41) is 17.1. The molecule has 0 aliphatic rings. The van der Waals surface area contributed by atoms with E-state index in [4.69, 9.17) is 19.8 Å². The third-order valence-electron chi connectivity index (χ3n) is 2.23. The van der Waals surface area contributed by atoms with Crippen molar-refractivity contribution < 1.29 is 19.4 Å². The van der Waals surface area contributed by atoms with Gasteiger partial charge in [-0.2, -0.15) is 5.26 Å². The maximum Gasteiger partial charge on any atom is 0.332 e. The fraction of sp³-hybridized carbons (Fsp3) is 0.667. The second-order valence-electron chi connectivity index (χ2n) is 3.56. The quantitative estimate of drug-likeness (QED) is 0.378. The lowest BCUT2D eigenvalue weighted by Gasteiger charge is -2.10. The van der Waals surface area contributed by atoms with Gasteiger partial charge in [-0.05, 0) is 13.3 Å². The van der Waals surface area contributed by atoms with Gasteiger partial charge in [-0.15, -0.1) is 0 Å². The number of hydrogen-bond donors (Lipinski definition) is 1. The summed E-state index contributed by atoms with van der Waals surface area (Å²) in [4.78, 5) is 10.6. The minimum atomic E-state index is -1.08. The molecule has 17 heavy (non-hydrogen) atoms. The van der Waals surface area contributed by atoms with Crippen molar-refractivity contribution in [3.63, 3.8) is 0 Å². The van der Waals surface area contributed by atoms with Gasteiger partial charge >= 0.3 is 5.97 Å². The maximum atomic E-state index is 10.6. The highest BCUT2D eigenvalue weighted by atomic mass is 16.5. The van der Waals surface area contributed by atoms with Crippen molar-refractivity contribution in [2.45, 2.75) is 32.8 Å². The summed E-state index contributed by atoms with van der Waals surface area (Å²) in [6.07, 6.45) is 2.42. The molecule has 0 radical (unpaired) electrons. The van der Waals surface area contributed by atoms with Crippen molar-refractivity contribution in [3.8, 4) is 6.07 Å². The van der Waals surface area contributed by atoms with E-state index < -0.39 is 5.97 Å². The first-order valence-electron chi connectivity index (χ1n) is 5.63. The van der Waals surface area contributed by atoms with E-state index in [1.807, 2.05) is 13.8 Å². The minimum absolute atomic E-state index is 0.0651. The van der Waals surface area contributed by atoms with Crippen LogP contribution in [0.5, 0.6) is 0 Å². The Hall–Kier alpha value is -1.38. The number of ether oxygens (including phenoxy) is 2. The Morgan fingerprint density at radius 3 is 2.71 bits per heavy atom. The molecule has 0 heterocycles. The number of allylic oxidation sites excluding steroid dienone is 1. The van der Waals surface area contributed by atoms with Crippen molar-refractivity contribution in [1.82, 2.24) is 0 Å². The fourth-order valence-corrected chi connectivity index (χ4v) is 1.03. The highest BCUT2D eigenvalue weighted by Crippen LogP contribution is 2.01. The number of nitriles is 1. The molecule has 0 aliphatic carbocycles. The monoisotopic (exact) mass is 241 g/mol. The Morgan fingerprint density at radius 1 is 1.47 bits per heavy atom. The van der Waals surface area contributed by atoms with Crippen molar-refractivity contribution in [3.05, 3.63) is 11.6 Å². The Kier molecular flexibility index (Phi) is 9.02. The first kappa shape index (κ1) is 15.6. The van der Waals surface area contributed by atoms with Crippen LogP contribution in [0.25, 0.3) is 0 Å². The van der Waals surface area contributed by atoms with Crippen LogP contribution in [0.1, 0.15) is 26.7 Å². The van der Waals surface area contributed by atoms with E-state index in [-0.39, 0.29) is 24.7 Å². The van der Waals surface area contributed by atoms with Gasteiger partial charge in [-0.25, -0.2) is 4.79 Å². The summed E-state index contributed by atoms with van der Waals surface area (Å²) < 4.78 is 10.6. The van der Waals surface area contributed by atoms with Crippen LogP contribution >= 0.6 is 0 Å². The lowest BCUT2D eigenvalue weighted by molar-refractivity contribution is -0.132. The Labute approximate surface area is 102 Å². The zero-order valence-electron chi connectivity index (χ0n) is 10.3. The number of nitrogens with zero attached hydrogens (tertiary/aromatic N) is 1. The van der Waals surface area contributed by atoms with Crippen molar-refractivity contribution >= 4 is 5.97 Å². The number of carbonyl (C=O) groups is 1. The molecule has 1 N–H and O–H groups in total. The average molecular weight is 241 g/mol. The molecule has 0 saturated carbocycles. The summed E-state index contributed by atoms with van der Waals surface area (Å²) in [6, 6.07) is 1.70. The van der Waals surface area contributed by atoms with E-state index in [0.29, 0.717) is 13.2 Å². The largest absolute Gasteiger partial charge is 0.478 e. The molecule has 0 aromatic carbocycles. The topological polar surface area (TPSA) is 79.5 Å². The molecule has 5 heteroatoms. The molecular weight excluding hydrogens is 222 g/mol. The molecule has 96 valence electrons. The van der Waals surface area contributed by atoms with Gasteiger partial charge in [0, 0.05) is 18.1 Å². The second-order valence-corrected chi connectivity index (χ2v) is 3.56. The number of rotatable bonds is 9. The normalized spacial score (nSPS) is 13.1. The van der Waals surface area contributed by atoms with E-state index in [1.165, 1.54) is 0 Å². The number of hydrogen-bond acceptors (Lipinski definition) is 4. The van der Waals surface area contributed by atoms with Crippen LogP contribution in [0.2, 0.25) is 0 Å². The third-order valence-corrected chi connectivity index (χ3v) is 2.23. The first-order chi connectivity index (χ1) is 8.11. The van der Waals surface area contributed by atoms with Crippen molar-refractivity contribution in [2.24, 2.45) is 0 Å². The molecular formula is C12H19NO4. The summed E-state index contributed by atoms with van der Waals surface area (Å²) in [5.41, 5.74) is 0.0651. The van der Waals surface area contributed by atoms with Crippen LogP contribution in [0.15, 0.2) is 11.6 Å². The molecule has 1 unspecified atom stereocenters. The van der Waals surface area contributed by atoms with Gasteiger partial charge in [0.25, 0.3) is 0 Å². The molecule has 0 aliphatic heterocycles. The van der Waals surface area contributed by atoms with E-state index in [0.717, 1.165) is 12.5 Å². The fourth-order valence-electron chi connectivity index (χ4n) is 1.03. The smallest absolute Gasteiger partial charge is 0.332 e. The first-order valence-corrected chi connectivity index (χ1v) is 5.63. The Balaban J connectivity index is 3.61. The van der Waals surface area contributed by atoms with E-state index in [2.05, 4.69) is 0 Å². The van der Waals surface area contributed by atoms with E-state index in [9.17, 15) is 4.79 Å². The Bertz CT molecular complexity index is 293. The molecule has 0 amide bonds. The number of carboxylic acid groups (broad SMARTS) is 1.